The number of benzene rings is 1. The van der Waals surface area contributed by atoms with Crippen LogP contribution in [0.25, 0.3) is 0 Å². The molecule has 13 nitrogen and oxygen atoms in total. The van der Waals surface area contributed by atoms with Crippen molar-refractivity contribution >= 4 is 11.9 Å². The lowest BCUT2D eigenvalue weighted by atomic mass is 9.82. The Morgan fingerprint density at radius 1 is 0.889 bits per heavy atom. The summed E-state index contributed by atoms with van der Waals surface area (Å²) in [6, 6.07) is 8.00. The summed E-state index contributed by atoms with van der Waals surface area (Å²) in [6.07, 6.45) is -11.8. The van der Waals surface area contributed by atoms with Gasteiger partial charge in [-0.15, -0.1) is 0 Å². The van der Waals surface area contributed by atoms with Crippen LogP contribution in [0, 0.1) is 17.8 Å². The topological polar surface area (TPSA) is 213 Å². The van der Waals surface area contributed by atoms with Crippen molar-refractivity contribution in [2.24, 2.45) is 17.8 Å². The monoisotopic (exact) mass is 512 g/mol. The van der Waals surface area contributed by atoms with Crippen molar-refractivity contribution in [1.29, 1.82) is 0 Å². The van der Waals surface area contributed by atoms with Crippen LogP contribution in [-0.2, 0) is 23.7 Å². The molecule has 7 N–H and O–H groups in total. The normalized spacial score (nSPS) is 40.1. The number of ether oxygens (including phenoxy) is 4. The molecule has 4 rings (SSSR count). The van der Waals surface area contributed by atoms with E-state index in [0.29, 0.717) is 0 Å². The van der Waals surface area contributed by atoms with E-state index in [2.05, 4.69) is 0 Å². The third-order valence-electron chi connectivity index (χ3n) is 6.85. The highest BCUT2D eigenvalue weighted by Crippen LogP contribution is 2.48. The third-order valence-corrected chi connectivity index (χ3v) is 6.85. The van der Waals surface area contributed by atoms with Crippen LogP contribution in [-0.4, -0.2) is 110 Å². The lowest BCUT2D eigenvalue weighted by Crippen LogP contribution is -2.60. The minimum absolute atomic E-state index is 0.238. The molecule has 1 aromatic rings. The van der Waals surface area contributed by atoms with Gasteiger partial charge in [0.05, 0.1) is 42.8 Å². The molecule has 0 amide bonds. The second-order valence-corrected chi connectivity index (χ2v) is 8.93. The summed E-state index contributed by atoms with van der Waals surface area (Å²) in [6.45, 7) is -1.14. The number of carboxylic acids is 1. The fraction of sp³-hybridized carbons (Fsp3) is 0.565. The maximum absolute atomic E-state index is 12.4. The van der Waals surface area contributed by atoms with E-state index >= 15 is 0 Å². The molecule has 3 aliphatic rings. The van der Waals surface area contributed by atoms with Gasteiger partial charge in [-0.25, -0.2) is 9.59 Å². The lowest BCUT2D eigenvalue weighted by Gasteiger charge is -2.43. The molecule has 2 fully saturated rings. The zero-order valence-corrected chi connectivity index (χ0v) is 18.8. The van der Waals surface area contributed by atoms with Gasteiger partial charge < -0.3 is 54.7 Å². The van der Waals surface area contributed by atoms with E-state index in [1.165, 1.54) is 12.1 Å². The van der Waals surface area contributed by atoms with Gasteiger partial charge in [-0.1, -0.05) is 18.2 Å². The molecular weight excluding hydrogens is 484 g/mol. The van der Waals surface area contributed by atoms with E-state index in [1.807, 2.05) is 0 Å². The first-order chi connectivity index (χ1) is 17.1. The van der Waals surface area contributed by atoms with Crippen molar-refractivity contribution in [3.05, 3.63) is 47.7 Å². The molecule has 0 bridgehead atoms. The van der Waals surface area contributed by atoms with E-state index in [4.69, 9.17) is 18.9 Å². The first-order valence-corrected chi connectivity index (χ1v) is 11.3. The number of rotatable bonds is 7. The van der Waals surface area contributed by atoms with Crippen LogP contribution < -0.4 is 0 Å². The second kappa shape index (κ2) is 10.8. The smallest absolute Gasteiger partial charge is 0.338 e. The minimum atomic E-state index is -1.78. The average Bonchev–Trinajstić information content (AvgIpc) is 3.13. The molecule has 198 valence electrons. The lowest BCUT2D eigenvalue weighted by molar-refractivity contribution is -0.343. The zero-order valence-electron chi connectivity index (χ0n) is 18.8. The van der Waals surface area contributed by atoms with Crippen LogP contribution in [0.15, 0.2) is 42.2 Å². The molecular formula is C23H28O13. The summed E-state index contributed by atoms with van der Waals surface area (Å²) in [7, 11) is 0. The van der Waals surface area contributed by atoms with Crippen molar-refractivity contribution in [2.45, 2.75) is 49.2 Å². The van der Waals surface area contributed by atoms with E-state index in [9.17, 15) is 45.3 Å². The predicted octanol–water partition coefficient (Wildman–Crippen LogP) is -2.43. The summed E-state index contributed by atoms with van der Waals surface area (Å²) in [4.78, 5) is 24.2. The van der Waals surface area contributed by atoms with Crippen LogP contribution in [0.3, 0.4) is 0 Å². The average molecular weight is 512 g/mol. The Balaban J connectivity index is 1.58. The molecule has 0 aromatic heterocycles. The van der Waals surface area contributed by atoms with Gasteiger partial charge in [-0.3, -0.25) is 0 Å². The Hall–Kier alpha value is -2.62. The van der Waals surface area contributed by atoms with Crippen LogP contribution in [0.5, 0.6) is 0 Å². The molecule has 13 heteroatoms. The van der Waals surface area contributed by atoms with E-state index in [0.717, 1.165) is 6.26 Å². The summed E-state index contributed by atoms with van der Waals surface area (Å²) < 4.78 is 21.8. The Morgan fingerprint density at radius 3 is 2.22 bits per heavy atom. The summed E-state index contributed by atoms with van der Waals surface area (Å²) in [5, 5.41) is 70.8. The van der Waals surface area contributed by atoms with Crippen molar-refractivity contribution in [2.75, 3.05) is 13.2 Å². The first-order valence-electron chi connectivity index (χ1n) is 11.3. The second-order valence-electron chi connectivity index (χ2n) is 8.93. The highest BCUT2D eigenvalue weighted by molar-refractivity contribution is 5.89. The fourth-order valence-corrected chi connectivity index (χ4v) is 4.93. The molecule has 0 spiro atoms. The van der Waals surface area contributed by atoms with E-state index in [1.54, 1.807) is 18.2 Å². The van der Waals surface area contributed by atoms with Crippen molar-refractivity contribution in [1.82, 2.24) is 0 Å². The minimum Gasteiger partial charge on any atom is -0.478 e. The van der Waals surface area contributed by atoms with E-state index in [-0.39, 0.29) is 11.1 Å². The van der Waals surface area contributed by atoms with Gasteiger partial charge in [0.25, 0.3) is 0 Å². The number of aliphatic hydroxyl groups is 6. The standard InChI is InChI=1S/C23H28O13/c24-6-12-16(26)18(28)19(29)23(35-12)36-22-14-10(7-33-21(32)9-4-2-1-3-5-9)15(25)17(27)13(14)11(8-34-22)20(30)31/h1-5,8,10,12-19,22-29H,6-7H2,(H,30,31)/t10-,12+,13+,14-,15+,16+,17+,18-,19+,22-,23+/m0/s1. The number of fused-ring (bicyclic) bond motifs is 1. The number of carbonyl (C=O) groups excluding carboxylic acids is 1. The number of hydrogen-bond acceptors (Lipinski definition) is 12. The van der Waals surface area contributed by atoms with Crippen molar-refractivity contribution < 1.29 is 64.3 Å². The first kappa shape index (κ1) is 26.4. The molecule has 2 aliphatic heterocycles. The van der Waals surface area contributed by atoms with Gasteiger partial charge in [-0.05, 0) is 12.1 Å². The summed E-state index contributed by atoms with van der Waals surface area (Å²) >= 11 is 0. The van der Waals surface area contributed by atoms with Gasteiger partial charge in [0.1, 0.15) is 24.4 Å². The SMILES string of the molecule is O=C(O)C1=CO[C@@H](O[C@H]2O[C@H](CO)[C@@H](O)[C@H](O)[C@H]2O)[C@H]2[C@H](COC(=O)c3ccccc3)[C@@H](O)[C@H](O)[C@H]12. The molecule has 1 aliphatic carbocycles. The van der Waals surface area contributed by atoms with Gasteiger partial charge in [0.15, 0.2) is 6.29 Å². The Morgan fingerprint density at radius 2 is 1.58 bits per heavy atom. The van der Waals surface area contributed by atoms with Crippen molar-refractivity contribution in [3.63, 3.8) is 0 Å². The Bertz CT molecular complexity index is 966. The van der Waals surface area contributed by atoms with Crippen LogP contribution in [0.4, 0.5) is 0 Å². The molecule has 2 heterocycles. The largest absolute Gasteiger partial charge is 0.478 e. The highest BCUT2D eigenvalue weighted by Gasteiger charge is 2.59. The molecule has 1 saturated carbocycles. The molecule has 11 atom stereocenters. The van der Waals surface area contributed by atoms with Gasteiger partial charge in [0.2, 0.25) is 6.29 Å². The van der Waals surface area contributed by atoms with Crippen LogP contribution in [0.2, 0.25) is 0 Å². The fourth-order valence-electron chi connectivity index (χ4n) is 4.93. The molecule has 1 aromatic carbocycles. The number of hydrogen-bond donors (Lipinski definition) is 7. The predicted molar refractivity (Wildman–Crippen MR) is 115 cm³/mol. The van der Waals surface area contributed by atoms with Gasteiger partial charge >= 0.3 is 11.9 Å². The van der Waals surface area contributed by atoms with Crippen LogP contribution in [0.1, 0.15) is 10.4 Å². The van der Waals surface area contributed by atoms with Gasteiger partial charge in [0, 0.05) is 17.8 Å². The summed E-state index contributed by atoms with van der Waals surface area (Å²) in [5.41, 5.74) is -0.112. The van der Waals surface area contributed by atoms with Crippen molar-refractivity contribution in [3.8, 4) is 0 Å². The number of carbonyl (C=O) groups is 2. The number of esters is 1. The molecule has 0 radical (unpaired) electrons. The maximum Gasteiger partial charge on any atom is 0.338 e. The zero-order chi connectivity index (χ0) is 26.1. The Labute approximate surface area is 204 Å². The van der Waals surface area contributed by atoms with E-state index < -0.39 is 92.1 Å². The Kier molecular flexibility index (Phi) is 7.92. The number of aliphatic hydroxyl groups excluding tert-OH is 6. The molecule has 0 unspecified atom stereocenters. The highest BCUT2D eigenvalue weighted by atomic mass is 16.8. The number of carboxylic acid groups (broad SMARTS) is 1. The van der Waals surface area contributed by atoms with Crippen LogP contribution >= 0.6 is 0 Å². The molecule has 1 saturated heterocycles. The third kappa shape index (κ3) is 4.84. The van der Waals surface area contributed by atoms with Gasteiger partial charge in [-0.2, -0.15) is 0 Å². The quantitative estimate of drug-likeness (QED) is 0.190. The number of aliphatic carboxylic acids is 1. The maximum atomic E-state index is 12.4. The summed E-state index contributed by atoms with van der Waals surface area (Å²) in [5.74, 6) is -5.48. The molecule has 36 heavy (non-hydrogen) atoms.